The zero-order valence-electron chi connectivity index (χ0n) is 16.2. The lowest BCUT2D eigenvalue weighted by molar-refractivity contribution is -0.125. The zero-order chi connectivity index (χ0) is 21.8. The summed E-state index contributed by atoms with van der Waals surface area (Å²) in [5, 5.41) is 6.93. The fraction of sp³-hybridized carbons (Fsp3) is 0.350. The van der Waals surface area contributed by atoms with E-state index >= 15 is 0 Å². The number of nitrogens with one attached hydrogen (secondary N) is 2. The summed E-state index contributed by atoms with van der Waals surface area (Å²) in [6.07, 6.45) is 4.10. The molecule has 1 atom stereocenters. The van der Waals surface area contributed by atoms with Gasteiger partial charge in [0.05, 0.1) is 10.6 Å². The van der Waals surface area contributed by atoms with E-state index in [4.69, 9.17) is 45.9 Å². The van der Waals surface area contributed by atoms with Crippen molar-refractivity contribution in [3.8, 4) is 5.75 Å². The first kappa shape index (κ1) is 22.8. The minimum absolute atomic E-state index is 0.0663. The van der Waals surface area contributed by atoms with Gasteiger partial charge in [0.25, 0.3) is 11.8 Å². The lowest BCUT2D eigenvalue weighted by atomic mass is 10.1. The highest BCUT2D eigenvalue weighted by Gasteiger charge is 2.24. The number of thiophene rings is 1. The Morgan fingerprint density at radius 3 is 2.67 bits per heavy atom. The number of nitrogens with two attached hydrogens (primary N) is 1. The van der Waals surface area contributed by atoms with Gasteiger partial charge in [-0.1, -0.05) is 29.6 Å². The van der Waals surface area contributed by atoms with Crippen LogP contribution in [-0.2, 0) is 17.6 Å². The molecule has 2 amide bonds. The molecule has 4 N–H and O–H groups in total. The highest BCUT2D eigenvalue weighted by atomic mass is 35.5. The first-order chi connectivity index (χ1) is 14.3. The fourth-order valence-electron chi connectivity index (χ4n) is 3.25. The van der Waals surface area contributed by atoms with Gasteiger partial charge in [0.2, 0.25) is 0 Å². The second kappa shape index (κ2) is 9.96. The summed E-state index contributed by atoms with van der Waals surface area (Å²) in [4.78, 5) is 25.7. The number of aryl methyl sites for hydroxylation is 1. The third-order valence-electron chi connectivity index (χ3n) is 4.70. The number of carbonyl (C=O) groups is 2. The Hall–Kier alpha value is -1.87. The van der Waals surface area contributed by atoms with Crippen LogP contribution >= 0.6 is 46.8 Å². The molecule has 1 aliphatic rings. The number of rotatable bonds is 5. The minimum atomic E-state index is -0.862. The van der Waals surface area contributed by atoms with Crippen LogP contribution in [-0.4, -0.2) is 23.0 Å². The summed E-state index contributed by atoms with van der Waals surface area (Å²) in [5.41, 5.74) is 7.08. The SMILES string of the molecule is C[C@@H](Oc1ccc(Cl)cc1Cl)C(=O)NC(=S)Nc1sc2c(c1C(N)=O)CCCCC2. The Morgan fingerprint density at radius 2 is 1.97 bits per heavy atom. The molecular weight excluding hydrogens is 465 g/mol. The lowest BCUT2D eigenvalue weighted by Gasteiger charge is -2.16. The van der Waals surface area contributed by atoms with E-state index in [1.54, 1.807) is 19.1 Å². The molecule has 30 heavy (non-hydrogen) atoms. The number of anilines is 1. The van der Waals surface area contributed by atoms with Gasteiger partial charge in [-0.05, 0) is 68.6 Å². The maximum Gasteiger partial charge on any atom is 0.266 e. The number of primary amides is 1. The lowest BCUT2D eigenvalue weighted by Crippen LogP contribution is -2.42. The average molecular weight is 486 g/mol. The fourth-order valence-corrected chi connectivity index (χ4v) is 5.27. The van der Waals surface area contributed by atoms with Gasteiger partial charge in [-0.3, -0.25) is 14.9 Å². The predicted octanol–water partition coefficient (Wildman–Crippen LogP) is 4.70. The second-order valence-electron chi connectivity index (χ2n) is 6.91. The molecule has 0 radical (unpaired) electrons. The van der Waals surface area contributed by atoms with Gasteiger partial charge in [0.1, 0.15) is 10.8 Å². The minimum Gasteiger partial charge on any atom is -0.479 e. The summed E-state index contributed by atoms with van der Waals surface area (Å²) >= 11 is 18.7. The zero-order valence-corrected chi connectivity index (χ0v) is 19.4. The standard InChI is InChI=1S/C20H21Cl2N3O3S2/c1-10(28-14-8-7-11(21)9-13(14)22)18(27)24-20(29)25-19-16(17(23)26)12-5-3-2-4-6-15(12)30-19/h7-10H,2-6H2,1H3,(H2,23,26)(H2,24,25,27,29)/t10-/m1/s1. The van der Waals surface area contributed by atoms with Gasteiger partial charge < -0.3 is 15.8 Å². The molecule has 1 aromatic heterocycles. The van der Waals surface area contributed by atoms with Gasteiger partial charge >= 0.3 is 0 Å². The number of thiocarbonyl (C=S) groups is 1. The van der Waals surface area contributed by atoms with Gasteiger partial charge in [-0.15, -0.1) is 11.3 Å². The van der Waals surface area contributed by atoms with Crippen molar-refractivity contribution in [2.75, 3.05) is 5.32 Å². The monoisotopic (exact) mass is 485 g/mol. The van der Waals surface area contributed by atoms with Crippen LogP contribution in [0, 0.1) is 0 Å². The molecule has 1 aromatic carbocycles. The van der Waals surface area contributed by atoms with E-state index in [1.165, 1.54) is 17.4 Å². The maximum absolute atomic E-state index is 12.5. The Labute approximate surface area is 194 Å². The van der Waals surface area contributed by atoms with Crippen LogP contribution in [0.2, 0.25) is 10.0 Å². The van der Waals surface area contributed by atoms with E-state index < -0.39 is 17.9 Å². The molecule has 0 unspecified atom stereocenters. The predicted molar refractivity (Wildman–Crippen MR) is 125 cm³/mol. The van der Waals surface area contributed by atoms with Crippen LogP contribution in [0.4, 0.5) is 5.00 Å². The molecule has 1 aliphatic carbocycles. The number of carbonyl (C=O) groups excluding carboxylic acids is 2. The Bertz CT molecular complexity index is 994. The quantitative estimate of drug-likeness (QED) is 0.421. The van der Waals surface area contributed by atoms with E-state index in [0.717, 1.165) is 42.5 Å². The first-order valence-electron chi connectivity index (χ1n) is 9.44. The molecule has 1 heterocycles. The van der Waals surface area contributed by atoms with Crippen LogP contribution in [0.25, 0.3) is 0 Å². The maximum atomic E-state index is 12.5. The van der Waals surface area contributed by atoms with Crippen molar-refractivity contribution in [2.45, 2.75) is 45.1 Å². The van der Waals surface area contributed by atoms with Crippen molar-refractivity contribution in [3.63, 3.8) is 0 Å². The summed E-state index contributed by atoms with van der Waals surface area (Å²) in [6, 6.07) is 4.73. The van der Waals surface area contributed by atoms with Crippen molar-refractivity contribution in [3.05, 3.63) is 44.2 Å². The summed E-state index contributed by atoms with van der Waals surface area (Å²) in [5.74, 6) is -0.627. The van der Waals surface area contributed by atoms with Crippen LogP contribution < -0.4 is 21.1 Å². The molecule has 10 heteroatoms. The van der Waals surface area contributed by atoms with Gasteiger partial charge in [-0.25, -0.2) is 0 Å². The third kappa shape index (κ3) is 5.43. The molecule has 0 spiro atoms. The van der Waals surface area contributed by atoms with Crippen LogP contribution in [0.5, 0.6) is 5.75 Å². The number of benzene rings is 1. The van der Waals surface area contributed by atoms with E-state index in [2.05, 4.69) is 10.6 Å². The van der Waals surface area contributed by atoms with Crippen molar-refractivity contribution < 1.29 is 14.3 Å². The molecule has 160 valence electrons. The number of fused-ring (bicyclic) bond motifs is 1. The number of halogens is 2. The normalized spacial score (nSPS) is 14.2. The van der Waals surface area contributed by atoms with Crippen molar-refractivity contribution in [1.29, 1.82) is 0 Å². The smallest absolute Gasteiger partial charge is 0.266 e. The van der Waals surface area contributed by atoms with Crippen LogP contribution in [0.1, 0.15) is 47.0 Å². The van der Waals surface area contributed by atoms with Gasteiger partial charge in [0.15, 0.2) is 11.2 Å². The second-order valence-corrected chi connectivity index (χ2v) is 9.27. The molecule has 0 aliphatic heterocycles. The molecule has 0 saturated heterocycles. The molecule has 0 bridgehead atoms. The highest BCUT2D eigenvalue weighted by Crippen LogP contribution is 2.37. The number of ether oxygens (including phenoxy) is 1. The number of hydrogen-bond acceptors (Lipinski definition) is 5. The topological polar surface area (TPSA) is 93.4 Å². The molecule has 2 aromatic rings. The molecule has 6 nitrogen and oxygen atoms in total. The van der Waals surface area contributed by atoms with E-state index in [0.29, 0.717) is 26.4 Å². The van der Waals surface area contributed by atoms with E-state index in [-0.39, 0.29) is 5.11 Å². The highest BCUT2D eigenvalue weighted by molar-refractivity contribution is 7.80. The van der Waals surface area contributed by atoms with E-state index in [9.17, 15) is 9.59 Å². The molecule has 0 fully saturated rings. The largest absolute Gasteiger partial charge is 0.479 e. The number of hydrogen-bond donors (Lipinski definition) is 3. The van der Waals surface area contributed by atoms with E-state index in [1.807, 2.05) is 0 Å². The van der Waals surface area contributed by atoms with Crippen molar-refractivity contribution in [2.24, 2.45) is 5.73 Å². The Morgan fingerprint density at radius 1 is 1.23 bits per heavy atom. The summed E-state index contributed by atoms with van der Waals surface area (Å²) in [7, 11) is 0. The van der Waals surface area contributed by atoms with Crippen molar-refractivity contribution >= 4 is 68.7 Å². The summed E-state index contributed by atoms with van der Waals surface area (Å²) in [6.45, 7) is 1.57. The molecule has 3 rings (SSSR count). The third-order valence-corrected chi connectivity index (χ3v) is 6.64. The van der Waals surface area contributed by atoms with Crippen molar-refractivity contribution in [1.82, 2.24) is 5.32 Å². The summed E-state index contributed by atoms with van der Waals surface area (Å²) < 4.78 is 5.59. The van der Waals surface area contributed by atoms with Crippen LogP contribution in [0.15, 0.2) is 18.2 Å². The van der Waals surface area contributed by atoms with Crippen LogP contribution in [0.3, 0.4) is 0 Å². The van der Waals surface area contributed by atoms with Gasteiger partial charge in [-0.2, -0.15) is 0 Å². The number of amides is 2. The van der Waals surface area contributed by atoms with Gasteiger partial charge in [0, 0.05) is 9.90 Å². The average Bonchev–Trinajstić information content (AvgIpc) is 2.84. The Balaban J connectivity index is 1.66. The first-order valence-corrected chi connectivity index (χ1v) is 11.4. The molecule has 0 saturated carbocycles. The Kier molecular flexibility index (Phi) is 7.57. The molecular formula is C20H21Cl2N3O3S2.